The van der Waals surface area contributed by atoms with Gasteiger partial charge in [-0.25, -0.2) is 0 Å². The molecule has 0 fully saturated rings. The first-order chi connectivity index (χ1) is 12.4. The van der Waals surface area contributed by atoms with E-state index in [1.165, 1.54) is 24.3 Å². The van der Waals surface area contributed by atoms with Gasteiger partial charge in [0.25, 0.3) is 0 Å². The van der Waals surface area contributed by atoms with Crippen LogP contribution in [0.4, 0.5) is 14.5 Å². The van der Waals surface area contributed by atoms with Crippen LogP contribution in [-0.4, -0.2) is 32.9 Å². The van der Waals surface area contributed by atoms with E-state index in [0.717, 1.165) is 11.8 Å². The SMILES string of the molecule is O=C(CSc1nnc2c(Cl)cc(Cl)cn12)Nc1ccc(OC(F)F)cc1. The molecule has 0 radical (unpaired) electrons. The Morgan fingerprint density at radius 2 is 2.00 bits per heavy atom. The van der Waals surface area contributed by atoms with Crippen LogP contribution in [0.15, 0.2) is 41.7 Å². The number of thioether (sulfide) groups is 1. The van der Waals surface area contributed by atoms with Crippen molar-refractivity contribution in [3.8, 4) is 5.75 Å². The molecule has 26 heavy (non-hydrogen) atoms. The highest BCUT2D eigenvalue weighted by Crippen LogP contribution is 2.25. The molecule has 6 nitrogen and oxygen atoms in total. The fourth-order valence-corrected chi connectivity index (χ4v) is 3.27. The highest BCUT2D eigenvalue weighted by molar-refractivity contribution is 7.99. The van der Waals surface area contributed by atoms with Gasteiger partial charge in [0.1, 0.15) is 5.75 Å². The molecule has 0 spiro atoms. The summed E-state index contributed by atoms with van der Waals surface area (Å²) in [6.45, 7) is -2.90. The van der Waals surface area contributed by atoms with Crippen molar-refractivity contribution >= 4 is 52.2 Å². The fourth-order valence-electron chi connectivity index (χ4n) is 2.05. The molecule has 0 saturated heterocycles. The summed E-state index contributed by atoms with van der Waals surface area (Å²) in [7, 11) is 0. The number of hydrogen-bond acceptors (Lipinski definition) is 5. The number of ether oxygens (including phenoxy) is 1. The minimum absolute atomic E-state index is 0.0102. The number of alkyl halides is 2. The third-order valence-electron chi connectivity index (χ3n) is 3.09. The zero-order valence-electron chi connectivity index (χ0n) is 12.8. The molecular formula is C15H10Cl2F2N4O2S. The smallest absolute Gasteiger partial charge is 0.387 e. The summed E-state index contributed by atoms with van der Waals surface area (Å²) in [5.74, 6) is -0.237. The van der Waals surface area contributed by atoms with Gasteiger partial charge in [0.15, 0.2) is 10.8 Å². The van der Waals surface area contributed by atoms with E-state index in [0.29, 0.717) is 26.5 Å². The van der Waals surface area contributed by atoms with Crippen LogP contribution in [0, 0.1) is 0 Å². The van der Waals surface area contributed by atoms with Crippen LogP contribution < -0.4 is 10.1 Å². The number of aromatic nitrogens is 3. The molecule has 11 heteroatoms. The lowest BCUT2D eigenvalue weighted by atomic mass is 10.3. The molecule has 0 aliphatic rings. The van der Waals surface area contributed by atoms with Crippen LogP contribution in [0.1, 0.15) is 0 Å². The highest BCUT2D eigenvalue weighted by Gasteiger charge is 2.12. The minimum atomic E-state index is -2.90. The normalized spacial score (nSPS) is 11.1. The van der Waals surface area contributed by atoms with Gasteiger partial charge in [-0.3, -0.25) is 9.20 Å². The number of anilines is 1. The Hall–Kier alpha value is -2.10. The summed E-state index contributed by atoms with van der Waals surface area (Å²) in [6, 6.07) is 7.16. The van der Waals surface area contributed by atoms with Crippen LogP contribution >= 0.6 is 35.0 Å². The number of pyridine rings is 1. The lowest BCUT2D eigenvalue weighted by molar-refractivity contribution is -0.113. The molecule has 1 N–H and O–H groups in total. The second-order valence-corrected chi connectivity index (χ2v) is 6.71. The molecule has 0 unspecified atom stereocenters. The van der Waals surface area contributed by atoms with Crippen molar-refractivity contribution < 1.29 is 18.3 Å². The first-order valence-electron chi connectivity index (χ1n) is 7.09. The maximum Gasteiger partial charge on any atom is 0.387 e. The Morgan fingerprint density at radius 1 is 1.27 bits per heavy atom. The number of halogens is 4. The molecule has 0 saturated carbocycles. The molecule has 0 aliphatic carbocycles. The Bertz CT molecular complexity index is 937. The van der Waals surface area contributed by atoms with Gasteiger partial charge in [0.05, 0.1) is 15.8 Å². The largest absolute Gasteiger partial charge is 0.435 e. The van der Waals surface area contributed by atoms with Crippen LogP contribution in [0.5, 0.6) is 5.75 Å². The summed E-state index contributed by atoms with van der Waals surface area (Å²) in [5, 5.41) is 11.8. The van der Waals surface area contributed by atoms with E-state index in [-0.39, 0.29) is 17.4 Å². The summed E-state index contributed by atoms with van der Waals surface area (Å²) < 4.78 is 30.0. The van der Waals surface area contributed by atoms with Crippen molar-refractivity contribution in [3.63, 3.8) is 0 Å². The van der Waals surface area contributed by atoms with Crippen molar-refractivity contribution in [2.75, 3.05) is 11.1 Å². The molecule has 0 aliphatic heterocycles. The Kier molecular flexibility index (Phi) is 5.80. The average Bonchev–Trinajstić information content (AvgIpc) is 2.97. The number of benzene rings is 1. The summed E-state index contributed by atoms with van der Waals surface area (Å²) >= 11 is 13.1. The van der Waals surface area contributed by atoms with E-state index >= 15 is 0 Å². The Labute approximate surface area is 160 Å². The van der Waals surface area contributed by atoms with Crippen molar-refractivity contribution in [3.05, 3.63) is 46.6 Å². The van der Waals surface area contributed by atoms with Gasteiger partial charge < -0.3 is 10.1 Å². The van der Waals surface area contributed by atoms with Crippen molar-refractivity contribution in [2.45, 2.75) is 11.8 Å². The molecule has 2 heterocycles. The second-order valence-electron chi connectivity index (χ2n) is 4.92. The first-order valence-corrected chi connectivity index (χ1v) is 8.84. The topological polar surface area (TPSA) is 68.5 Å². The number of nitrogens with zero attached hydrogens (tertiary/aromatic N) is 3. The number of carbonyl (C=O) groups is 1. The van der Waals surface area contributed by atoms with E-state index < -0.39 is 6.61 Å². The third-order valence-corrected chi connectivity index (χ3v) is 4.52. The van der Waals surface area contributed by atoms with Crippen molar-refractivity contribution in [2.24, 2.45) is 0 Å². The van der Waals surface area contributed by atoms with Gasteiger partial charge in [0.2, 0.25) is 5.91 Å². The number of nitrogens with one attached hydrogen (secondary N) is 1. The average molecular weight is 419 g/mol. The number of rotatable bonds is 6. The standard InChI is InChI=1S/C15H10Cl2F2N4O2S/c16-8-5-11(17)13-21-22-15(23(13)6-8)26-7-12(24)20-9-1-3-10(4-2-9)25-14(18)19/h1-6,14H,7H2,(H,20,24). The summed E-state index contributed by atoms with van der Waals surface area (Å²) in [6.07, 6.45) is 1.60. The molecule has 3 aromatic rings. The first kappa shape index (κ1) is 18.7. The monoisotopic (exact) mass is 418 g/mol. The molecular weight excluding hydrogens is 409 g/mol. The van der Waals surface area contributed by atoms with Gasteiger partial charge in [-0.15, -0.1) is 10.2 Å². The Balaban J connectivity index is 1.61. The van der Waals surface area contributed by atoms with Gasteiger partial charge in [-0.1, -0.05) is 35.0 Å². The molecule has 0 bridgehead atoms. The van der Waals surface area contributed by atoms with E-state index in [1.54, 1.807) is 16.7 Å². The zero-order valence-corrected chi connectivity index (χ0v) is 15.2. The third kappa shape index (κ3) is 4.54. The fraction of sp³-hybridized carbons (Fsp3) is 0.133. The van der Waals surface area contributed by atoms with Crippen LogP contribution in [0.3, 0.4) is 0 Å². The summed E-state index contributed by atoms with van der Waals surface area (Å²) in [5.41, 5.74) is 0.892. The number of hydrogen-bond donors (Lipinski definition) is 1. The molecule has 136 valence electrons. The van der Waals surface area contributed by atoms with E-state index in [4.69, 9.17) is 23.2 Å². The molecule has 3 rings (SSSR count). The number of fused-ring (bicyclic) bond motifs is 1. The van der Waals surface area contributed by atoms with Crippen LogP contribution in [0.25, 0.3) is 5.65 Å². The molecule has 2 aromatic heterocycles. The van der Waals surface area contributed by atoms with Crippen molar-refractivity contribution in [1.29, 1.82) is 0 Å². The highest BCUT2D eigenvalue weighted by atomic mass is 35.5. The Morgan fingerprint density at radius 3 is 2.69 bits per heavy atom. The van der Waals surface area contributed by atoms with Gasteiger partial charge in [-0.05, 0) is 30.3 Å². The van der Waals surface area contributed by atoms with Gasteiger partial charge in [-0.2, -0.15) is 8.78 Å². The van der Waals surface area contributed by atoms with E-state index in [1.807, 2.05) is 0 Å². The van der Waals surface area contributed by atoms with Gasteiger partial charge >= 0.3 is 6.61 Å². The quantitative estimate of drug-likeness (QED) is 0.601. The lowest BCUT2D eigenvalue weighted by Crippen LogP contribution is -2.14. The summed E-state index contributed by atoms with van der Waals surface area (Å²) in [4.78, 5) is 12.0. The van der Waals surface area contributed by atoms with E-state index in [2.05, 4.69) is 20.3 Å². The minimum Gasteiger partial charge on any atom is -0.435 e. The number of amides is 1. The zero-order chi connectivity index (χ0) is 18.7. The number of carbonyl (C=O) groups excluding carboxylic acids is 1. The molecule has 0 atom stereocenters. The maximum atomic E-state index is 12.1. The van der Waals surface area contributed by atoms with Gasteiger partial charge in [0, 0.05) is 11.9 Å². The maximum absolute atomic E-state index is 12.1. The van der Waals surface area contributed by atoms with Crippen molar-refractivity contribution in [1.82, 2.24) is 14.6 Å². The molecule has 1 aromatic carbocycles. The predicted octanol–water partition coefficient (Wildman–Crippen LogP) is 4.37. The predicted molar refractivity (Wildman–Crippen MR) is 95.4 cm³/mol. The van der Waals surface area contributed by atoms with Crippen LogP contribution in [0.2, 0.25) is 10.0 Å². The van der Waals surface area contributed by atoms with E-state index in [9.17, 15) is 13.6 Å². The van der Waals surface area contributed by atoms with Crippen LogP contribution in [-0.2, 0) is 4.79 Å². The second kappa shape index (κ2) is 8.07. The molecule has 1 amide bonds. The lowest BCUT2D eigenvalue weighted by Gasteiger charge is -2.07.